The number of rotatable bonds is 8. The lowest BCUT2D eigenvalue weighted by Crippen LogP contribution is -2.56. The number of anilines is 1. The molecule has 0 bridgehead atoms. The smallest absolute Gasteiger partial charge is 0.268 e. The van der Waals surface area contributed by atoms with E-state index in [0.29, 0.717) is 29.1 Å². The van der Waals surface area contributed by atoms with E-state index in [2.05, 4.69) is 43.4 Å². The molecule has 0 radical (unpaired) electrons. The van der Waals surface area contributed by atoms with Crippen molar-refractivity contribution in [1.29, 1.82) is 0 Å². The highest BCUT2D eigenvalue weighted by Crippen LogP contribution is 2.49. The number of amides is 3. The number of aryl methyl sites for hydroxylation is 1. The summed E-state index contributed by atoms with van der Waals surface area (Å²) >= 11 is 0. The predicted octanol–water partition coefficient (Wildman–Crippen LogP) is 4.00. The second kappa shape index (κ2) is 11.5. The van der Waals surface area contributed by atoms with Crippen molar-refractivity contribution in [3.63, 3.8) is 0 Å². The summed E-state index contributed by atoms with van der Waals surface area (Å²) < 4.78 is 3.78. The van der Waals surface area contributed by atoms with Crippen LogP contribution in [0.3, 0.4) is 0 Å². The van der Waals surface area contributed by atoms with Gasteiger partial charge < -0.3 is 20.1 Å². The van der Waals surface area contributed by atoms with Gasteiger partial charge in [0.25, 0.3) is 17.7 Å². The molecule has 2 aromatic heterocycles. The molecule has 2 aliphatic rings. The number of hydrogen-bond acceptors (Lipinski definition) is 5. The van der Waals surface area contributed by atoms with Crippen molar-refractivity contribution in [1.82, 2.24) is 29.5 Å². The van der Waals surface area contributed by atoms with Crippen LogP contribution >= 0.6 is 0 Å². The lowest BCUT2D eigenvalue weighted by molar-refractivity contribution is -0.0217. The molecule has 1 saturated carbocycles. The van der Waals surface area contributed by atoms with Crippen LogP contribution in [0, 0.1) is 0 Å². The Morgan fingerprint density at radius 3 is 2.23 bits per heavy atom. The summed E-state index contributed by atoms with van der Waals surface area (Å²) in [6.07, 6.45) is 6.49. The highest BCUT2D eigenvalue weighted by molar-refractivity contribution is 6.03. The molecule has 10 nitrogen and oxygen atoms in total. The normalized spacial score (nSPS) is 15.4. The predicted molar refractivity (Wildman–Crippen MR) is 164 cm³/mol. The molecule has 1 spiro atoms. The van der Waals surface area contributed by atoms with Crippen LogP contribution < -0.4 is 10.6 Å². The molecule has 10 heteroatoms. The van der Waals surface area contributed by atoms with E-state index in [4.69, 9.17) is 0 Å². The van der Waals surface area contributed by atoms with E-state index in [1.54, 1.807) is 36.9 Å². The molecule has 0 saturated heterocycles. The van der Waals surface area contributed by atoms with Gasteiger partial charge in [0.15, 0.2) is 0 Å². The van der Waals surface area contributed by atoms with E-state index in [9.17, 15) is 14.4 Å². The van der Waals surface area contributed by atoms with Gasteiger partial charge >= 0.3 is 0 Å². The molecular formula is C33H37N7O3. The van der Waals surface area contributed by atoms with Crippen LogP contribution in [-0.4, -0.2) is 62.5 Å². The van der Waals surface area contributed by atoms with Crippen molar-refractivity contribution in [3.05, 3.63) is 107 Å². The van der Waals surface area contributed by atoms with Crippen LogP contribution in [0.2, 0.25) is 0 Å². The zero-order valence-electron chi connectivity index (χ0n) is 24.8. The molecule has 2 aromatic carbocycles. The lowest BCUT2D eigenvalue weighted by Gasteiger charge is -2.53. The summed E-state index contributed by atoms with van der Waals surface area (Å²) in [6, 6.07) is 19.5. The quantitative estimate of drug-likeness (QED) is 0.329. The molecule has 222 valence electrons. The van der Waals surface area contributed by atoms with Gasteiger partial charge in [0, 0.05) is 70.5 Å². The minimum absolute atomic E-state index is 0.00549. The molecule has 2 N–H and O–H groups in total. The molecule has 3 heterocycles. The van der Waals surface area contributed by atoms with Gasteiger partial charge in [0.05, 0.1) is 17.3 Å². The van der Waals surface area contributed by atoms with Gasteiger partial charge in [0.2, 0.25) is 0 Å². The first kappa shape index (κ1) is 28.4. The van der Waals surface area contributed by atoms with Gasteiger partial charge in [-0.3, -0.25) is 24.0 Å². The third-order valence-corrected chi connectivity index (χ3v) is 8.68. The van der Waals surface area contributed by atoms with Crippen LogP contribution in [0.4, 0.5) is 5.69 Å². The molecule has 4 aromatic rings. The maximum atomic E-state index is 13.3. The largest absolute Gasteiger partial charge is 0.347 e. The fourth-order valence-corrected chi connectivity index (χ4v) is 6.18. The molecule has 1 aliphatic carbocycles. The second-order valence-electron chi connectivity index (χ2n) is 11.7. The van der Waals surface area contributed by atoms with Gasteiger partial charge in [-0.05, 0) is 66.8 Å². The Morgan fingerprint density at radius 2 is 1.60 bits per heavy atom. The maximum Gasteiger partial charge on any atom is 0.268 e. The van der Waals surface area contributed by atoms with E-state index >= 15 is 0 Å². The van der Waals surface area contributed by atoms with E-state index < -0.39 is 0 Å². The van der Waals surface area contributed by atoms with Gasteiger partial charge in [0.1, 0.15) is 5.69 Å². The third-order valence-electron chi connectivity index (χ3n) is 8.68. The molecule has 1 fully saturated rings. The summed E-state index contributed by atoms with van der Waals surface area (Å²) in [5.74, 6) is -0.306. The number of fused-ring (bicyclic) bond motifs is 2. The minimum Gasteiger partial charge on any atom is -0.347 e. The number of carbonyl (C=O) groups excluding carboxylic acids is 3. The molecule has 1 aliphatic heterocycles. The molecule has 0 unspecified atom stereocenters. The van der Waals surface area contributed by atoms with Gasteiger partial charge in [-0.1, -0.05) is 24.3 Å². The first-order valence-electron chi connectivity index (χ1n) is 14.7. The van der Waals surface area contributed by atoms with Gasteiger partial charge in [-0.2, -0.15) is 5.10 Å². The summed E-state index contributed by atoms with van der Waals surface area (Å²) in [4.78, 5) is 42.1. The zero-order chi connectivity index (χ0) is 30.1. The number of benzene rings is 2. The average Bonchev–Trinajstić information content (AvgIpc) is 3.62. The molecule has 0 atom stereocenters. The first-order valence-corrected chi connectivity index (χ1v) is 14.7. The monoisotopic (exact) mass is 579 g/mol. The van der Waals surface area contributed by atoms with Crippen LogP contribution in [0.5, 0.6) is 0 Å². The van der Waals surface area contributed by atoms with E-state index in [1.807, 2.05) is 42.5 Å². The number of nitrogens with zero attached hydrogens (tertiary/aromatic N) is 5. The van der Waals surface area contributed by atoms with Crippen molar-refractivity contribution in [2.45, 2.75) is 44.4 Å². The Hall–Kier alpha value is -4.70. The Bertz CT molecular complexity index is 1650. The topological polar surface area (TPSA) is 104 Å². The maximum absolute atomic E-state index is 13.3. The average molecular weight is 580 g/mol. The minimum atomic E-state index is -0.218. The second-order valence-corrected chi connectivity index (χ2v) is 11.7. The SMILES string of the molecule is CN(C)C(=O)c1ccc(CN2CCn3c(C(=O)NCc4ccc(NC(=O)c5cnn(C)c5)cc4)ccc3C23CCC3)cc1. The Balaban J connectivity index is 1.08. The molecule has 43 heavy (non-hydrogen) atoms. The van der Waals surface area contributed by atoms with Crippen molar-refractivity contribution in [2.24, 2.45) is 7.05 Å². The highest BCUT2D eigenvalue weighted by atomic mass is 16.2. The van der Waals surface area contributed by atoms with Crippen molar-refractivity contribution in [2.75, 3.05) is 26.0 Å². The van der Waals surface area contributed by atoms with Crippen LogP contribution in [0.1, 0.15) is 67.3 Å². The number of nitrogens with one attached hydrogen (secondary N) is 2. The summed E-state index contributed by atoms with van der Waals surface area (Å²) in [5.41, 5.74) is 5.83. The summed E-state index contributed by atoms with van der Waals surface area (Å²) in [5, 5.41) is 9.97. The zero-order valence-corrected chi connectivity index (χ0v) is 24.8. The fraction of sp³-hybridized carbons (Fsp3) is 0.333. The highest BCUT2D eigenvalue weighted by Gasteiger charge is 2.48. The third kappa shape index (κ3) is 5.58. The number of hydrogen-bond donors (Lipinski definition) is 2. The number of carbonyl (C=O) groups is 3. The fourth-order valence-electron chi connectivity index (χ4n) is 6.18. The van der Waals surface area contributed by atoms with E-state index in [0.717, 1.165) is 44.5 Å². The summed E-state index contributed by atoms with van der Waals surface area (Å²) in [7, 11) is 5.29. The summed E-state index contributed by atoms with van der Waals surface area (Å²) in [6.45, 7) is 2.80. The van der Waals surface area contributed by atoms with Crippen molar-refractivity contribution >= 4 is 23.4 Å². The lowest BCUT2D eigenvalue weighted by atomic mass is 9.71. The van der Waals surface area contributed by atoms with Crippen LogP contribution in [-0.2, 0) is 32.2 Å². The molecule has 6 rings (SSSR count). The molecular weight excluding hydrogens is 542 g/mol. The first-order chi connectivity index (χ1) is 20.7. The Kier molecular flexibility index (Phi) is 7.62. The van der Waals surface area contributed by atoms with E-state index in [1.165, 1.54) is 17.5 Å². The Labute approximate surface area is 251 Å². The number of aromatic nitrogens is 3. The van der Waals surface area contributed by atoms with Crippen molar-refractivity contribution < 1.29 is 14.4 Å². The van der Waals surface area contributed by atoms with Crippen LogP contribution in [0.25, 0.3) is 0 Å². The molecule has 3 amide bonds. The van der Waals surface area contributed by atoms with Crippen LogP contribution in [0.15, 0.2) is 73.1 Å². The van der Waals surface area contributed by atoms with Gasteiger partial charge in [-0.25, -0.2) is 0 Å². The van der Waals surface area contributed by atoms with Crippen molar-refractivity contribution in [3.8, 4) is 0 Å². The standard InChI is InChI=1S/C33H37N7O3/c1-37(2)32(43)25-9-5-24(6-10-25)21-39-17-18-40-28(13-14-29(40)33(39)15-4-16-33)31(42)34-19-23-7-11-27(12-8-23)36-30(41)26-20-35-38(3)22-26/h5-14,20,22H,4,15-19,21H2,1-3H3,(H,34,42)(H,36,41). The van der Waals surface area contributed by atoms with Gasteiger partial charge in [-0.15, -0.1) is 0 Å². The Morgan fingerprint density at radius 1 is 0.884 bits per heavy atom. The van der Waals surface area contributed by atoms with E-state index in [-0.39, 0.29) is 23.3 Å².